The number of ether oxygens (including phenoxy) is 2. The van der Waals surface area contributed by atoms with Crippen LogP contribution in [0.5, 0.6) is 11.5 Å². The molecule has 6 heteroatoms. The van der Waals surface area contributed by atoms with Crippen LogP contribution >= 0.6 is 0 Å². The topological polar surface area (TPSA) is 73.6 Å². The quantitative estimate of drug-likeness (QED) is 0.560. The van der Waals surface area contributed by atoms with E-state index in [1.54, 1.807) is 44.7 Å². The van der Waals surface area contributed by atoms with Crippen molar-refractivity contribution in [3.63, 3.8) is 0 Å². The van der Waals surface area contributed by atoms with Crippen molar-refractivity contribution in [1.82, 2.24) is 9.71 Å². The average molecular weight is 350 g/mol. The molecule has 0 saturated carbocycles. The summed E-state index contributed by atoms with van der Waals surface area (Å²) in [6.45, 7) is 0. The second-order valence-electron chi connectivity index (χ2n) is 5.41. The molecular weight excluding hydrogens is 332 g/mol. The molecule has 2 aromatic heterocycles. The molecule has 0 aliphatic carbocycles. The fraction of sp³-hybridized carbons (Fsp3) is 0.100. The molecule has 2 heterocycles. The predicted molar refractivity (Wildman–Crippen MR) is 100 cm³/mol. The van der Waals surface area contributed by atoms with Gasteiger partial charge in [0, 0.05) is 23.0 Å². The number of fused-ring (bicyclic) bond motifs is 2. The smallest absolute Gasteiger partial charge is 0.283 e. The van der Waals surface area contributed by atoms with Gasteiger partial charge in [0.25, 0.3) is 5.56 Å². The molecule has 1 N–H and O–H groups in total. The molecule has 0 spiro atoms. The van der Waals surface area contributed by atoms with Crippen LogP contribution in [0.15, 0.2) is 71.7 Å². The third-order valence-electron chi connectivity index (χ3n) is 3.92. The fourth-order valence-electron chi connectivity index (χ4n) is 2.66. The number of hydrogen-bond acceptors (Lipinski definition) is 5. The number of aromatic nitrogens is 2. The molecule has 4 aromatic rings. The van der Waals surface area contributed by atoms with E-state index in [1.807, 2.05) is 30.3 Å². The Kier molecular flexibility index (Phi) is 5.03. The summed E-state index contributed by atoms with van der Waals surface area (Å²) in [7, 11) is 3.21. The summed E-state index contributed by atoms with van der Waals surface area (Å²) in [5.41, 5.74) is 0.958. The van der Waals surface area contributed by atoms with Crippen LogP contribution in [0.1, 0.15) is 0 Å². The summed E-state index contributed by atoms with van der Waals surface area (Å²) in [6, 6.07) is 17.8. The Morgan fingerprint density at radius 3 is 2.27 bits per heavy atom. The molecule has 0 amide bonds. The van der Waals surface area contributed by atoms with Gasteiger partial charge in [-0.05, 0) is 42.5 Å². The van der Waals surface area contributed by atoms with E-state index in [-0.39, 0.29) is 0 Å². The number of rotatable bonds is 2. The van der Waals surface area contributed by atoms with Crippen LogP contribution in [0, 0.1) is 0 Å². The first-order chi connectivity index (χ1) is 12.7. The zero-order valence-corrected chi connectivity index (χ0v) is 14.4. The van der Waals surface area contributed by atoms with Gasteiger partial charge in [-0.25, -0.2) is 0 Å². The molecule has 0 radical (unpaired) electrons. The first-order valence-electron chi connectivity index (χ1n) is 7.91. The van der Waals surface area contributed by atoms with Crippen molar-refractivity contribution < 1.29 is 14.7 Å². The minimum Gasteiger partial charge on any atom is -0.496 e. The van der Waals surface area contributed by atoms with Crippen molar-refractivity contribution in [3.8, 4) is 11.5 Å². The maximum absolute atomic E-state index is 11.1. The summed E-state index contributed by atoms with van der Waals surface area (Å²) in [6.07, 6.45) is 1.78. The number of methoxy groups -OCH3 is 2. The lowest BCUT2D eigenvalue weighted by Gasteiger charge is -2.06. The summed E-state index contributed by atoms with van der Waals surface area (Å²) in [5.74, 6) is 1.51. The van der Waals surface area contributed by atoms with E-state index >= 15 is 0 Å². The van der Waals surface area contributed by atoms with Crippen LogP contribution in [-0.2, 0) is 0 Å². The first-order valence-corrected chi connectivity index (χ1v) is 7.91. The number of nitrogens with zero attached hydrogens (tertiary/aromatic N) is 2. The molecule has 2 aromatic carbocycles. The summed E-state index contributed by atoms with van der Waals surface area (Å²) < 4.78 is 10.9. The van der Waals surface area contributed by atoms with Crippen LogP contribution < -0.4 is 15.0 Å². The van der Waals surface area contributed by atoms with Gasteiger partial charge >= 0.3 is 0 Å². The standard InChI is InChI=1S/C10H9NO3.C10H9NO/c1-14-9-4-2-3-8-7(9)5-6-10(12)11(8)13;1-12-10-6-2-5-9-8(10)4-3-7-11-9/h2-6,13H,1H3;2-7H,1H3. The lowest BCUT2D eigenvalue weighted by molar-refractivity contribution is 0.188. The van der Waals surface area contributed by atoms with Crippen LogP contribution in [0.2, 0.25) is 0 Å². The molecule has 26 heavy (non-hydrogen) atoms. The average Bonchev–Trinajstić information content (AvgIpc) is 2.70. The van der Waals surface area contributed by atoms with Gasteiger partial charge in [0.05, 0.1) is 25.3 Å². The summed E-state index contributed by atoms with van der Waals surface area (Å²) in [5, 5.41) is 11.2. The highest BCUT2D eigenvalue weighted by atomic mass is 16.5. The van der Waals surface area contributed by atoms with Gasteiger partial charge in [-0.2, -0.15) is 0 Å². The van der Waals surface area contributed by atoms with Crippen molar-refractivity contribution in [2.24, 2.45) is 0 Å². The van der Waals surface area contributed by atoms with E-state index in [1.165, 1.54) is 6.07 Å². The molecule has 6 nitrogen and oxygen atoms in total. The highest BCUT2D eigenvalue weighted by Crippen LogP contribution is 2.23. The second kappa shape index (κ2) is 7.57. The highest BCUT2D eigenvalue weighted by molar-refractivity contribution is 5.85. The van der Waals surface area contributed by atoms with Crippen molar-refractivity contribution in [1.29, 1.82) is 0 Å². The van der Waals surface area contributed by atoms with Crippen molar-refractivity contribution in [2.75, 3.05) is 14.2 Å². The molecule has 4 rings (SSSR count). The van der Waals surface area contributed by atoms with Gasteiger partial charge in [-0.3, -0.25) is 9.78 Å². The molecular formula is C20H18N2O4. The Balaban J connectivity index is 0.000000152. The van der Waals surface area contributed by atoms with E-state index in [0.29, 0.717) is 21.4 Å². The maximum atomic E-state index is 11.1. The highest BCUT2D eigenvalue weighted by Gasteiger charge is 2.04. The molecule has 0 saturated heterocycles. The maximum Gasteiger partial charge on any atom is 0.283 e. The van der Waals surface area contributed by atoms with E-state index in [0.717, 1.165) is 16.7 Å². The van der Waals surface area contributed by atoms with Crippen molar-refractivity contribution >= 4 is 21.8 Å². The summed E-state index contributed by atoms with van der Waals surface area (Å²) in [4.78, 5) is 15.3. The Hall–Kier alpha value is -3.54. The lowest BCUT2D eigenvalue weighted by Crippen LogP contribution is -2.16. The van der Waals surface area contributed by atoms with Crippen LogP contribution in [0.4, 0.5) is 0 Å². The molecule has 132 valence electrons. The number of pyridine rings is 2. The van der Waals surface area contributed by atoms with Crippen LogP contribution in [0.25, 0.3) is 21.8 Å². The Morgan fingerprint density at radius 1 is 0.846 bits per heavy atom. The number of hydrogen-bond donors (Lipinski definition) is 1. The molecule has 0 unspecified atom stereocenters. The Bertz CT molecular complexity index is 1100. The number of benzene rings is 2. The molecule has 0 fully saturated rings. The van der Waals surface area contributed by atoms with Gasteiger partial charge in [0.1, 0.15) is 11.5 Å². The molecule has 0 bridgehead atoms. The minimum absolute atomic E-state index is 0.442. The van der Waals surface area contributed by atoms with Gasteiger partial charge in [0.15, 0.2) is 0 Å². The summed E-state index contributed by atoms with van der Waals surface area (Å²) >= 11 is 0. The van der Waals surface area contributed by atoms with E-state index in [4.69, 9.17) is 9.47 Å². The fourth-order valence-corrected chi connectivity index (χ4v) is 2.66. The first kappa shape index (κ1) is 17.3. The lowest BCUT2D eigenvalue weighted by atomic mass is 10.2. The second-order valence-corrected chi connectivity index (χ2v) is 5.41. The monoisotopic (exact) mass is 350 g/mol. The zero-order valence-electron chi connectivity index (χ0n) is 14.4. The molecule has 0 aliphatic rings. The van der Waals surface area contributed by atoms with E-state index in [2.05, 4.69) is 4.98 Å². The van der Waals surface area contributed by atoms with Crippen molar-refractivity contribution in [3.05, 3.63) is 77.2 Å². The van der Waals surface area contributed by atoms with Crippen LogP contribution in [-0.4, -0.2) is 29.1 Å². The van der Waals surface area contributed by atoms with Crippen LogP contribution in [0.3, 0.4) is 0 Å². The third kappa shape index (κ3) is 3.30. The Morgan fingerprint density at radius 2 is 1.54 bits per heavy atom. The van der Waals surface area contributed by atoms with Gasteiger partial charge in [-0.15, -0.1) is 4.73 Å². The van der Waals surface area contributed by atoms with E-state index < -0.39 is 5.56 Å². The Labute approximate surface area is 149 Å². The van der Waals surface area contributed by atoms with Gasteiger partial charge < -0.3 is 14.7 Å². The largest absolute Gasteiger partial charge is 0.496 e. The predicted octanol–water partition coefficient (Wildman–Crippen LogP) is 3.49. The normalized spacial score (nSPS) is 10.2. The zero-order chi connectivity index (χ0) is 18.5. The SMILES string of the molecule is COc1cccc2c1ccc(=O)n2O.COc1cccc2ncccc12. The van der Waals surface area contributed by atoms with Gasteiger partial charge in [-0.1, -0.05) is 12.1 Å². The molecule has 0 atom stereocenters. The van der Waals surface area contributed by atoms with Gasteiger partial charge in [0.2, 0.25) is 0 Å². The molecule has 0 aliphatic heterocycles. The van der Waals surface area contributed by atoms with Crippen molar-refractivity contribution in [2.45, 2.75) is 0 Å². The third-order valence-corrected chi connectivity index (χ3v) is 3.92. The minimum atomic E-state index is -0.453. The van der Waals surface area contributed by atoms with E-state index in [9.17, 15) is 10.0 Å².